The van der Waals surface area contributed by atoms with Crippen LogP contribution in [-0.4, -0.2) is 17.8 Å². The minimum absolute atomic E-state index is 0.151. The van der Waals surface area contributed by atoms with Crippen LogP contribution < -0.4 is 19.7 Å². The zero-order valence-corrected chi connectivity index (χ0v) is 24.6. The van der Waals surface area contributed by atoms with Gasteiger partial charge in [-0.3, -0.25) is 14.9 Å². The van der Waals surface area contributed by atoms with Crippen molar-refractivity contribution in [1.82, 2.24) is 5.32 Å². The summed E-state index contributed by atoms with van der Waals surface area (Å²) in [6.45, 7) is 0.392. The number of benzene rings is 4. The fraction of sp³-hybridized carbons (Fsp3) is 0.0645. The van der Waals surface area contributed by atoms with Gasteiger partial charge in [0.2, 0.25) is 0 Å². The number of halogens is 4. The first-order valence-corrected chi connectivity index (χ1v) is 13.9. The minimum Gasteiger partial charge on any atom is -0.489 e. The summed E-state index contributed by atoms with van der Waals surface area (Å²) >= 11 is 24.7. The van der Waals surface area contributed by atoms with Gasteiger partial charge in [-0.15, -0.1) is 0 Å². The van der Waals surface area contributed by atoms with Crippen LogP contribution in [0.4, 0.5) is 10.5 Å². The van der Waals surface area contributed by atoms with Gasteiger partial charge in [0.05, 0.1) is 10.7 Å². The SMILES string of the molecule is O=C1NC(=O)N(c2ccc(OCc3ccccc3Cl)cc2)C(=O)/C1=C/c1ccc(OCc2ccc(Cl)cc2Cl)c(Cl)c1. The first-order valence-electron chi connectivity index (χ1n) is 12.4. The number of urea groups is 1. The number of carbonyl (C=O) groups excluding carboxylic acids is 3. The molecule has 7 nitrogen and oxygen atoms in total. The maximum Gasteiger partial charge on any atom is 0.335 e. The first kappa shape index (κ1) is 29.5. The number of nitrogens with one attached hydrogen (secondary N) is 1. The summed E-state index contributed by atoms with van der Waals surface area (Å²) in [6, 6.07) is 22.6. The number of imide groups is 2. The second-order valence-electron chi connectivity index (χ2n) is 9.05. The standard InChI is InChI=1S/C31H20Cl4N2O5/c32-21-7-6-20(26(34)15-21)17-42-28-12-5-18(14-27(28)35)13-24-29(38)36-31(40)37(30(24)39)22-8-10-23(11-9-22)41-16-19-3-1-2-4-25(19)33/h1-15H,16-17H2,(H,36,38,40)/b24-13+. The van der Waals surface area contributed by atoms with Gasteiger partial charge in [0, 0.05) is 26.2 Å². The molecule has 42 heavy (non-hydrogen) atoms. The monoisotopic (exact) mass is 640 g/mol. The number of rotatable bonds is 8. The topological polar surface area (TPSA) is 84.9 Å². The third kappa shape index (κ3) is 6.72. The Balaban J connectivity index is 1.29. The Labute approximate surface area is 261 Å². The Kier molecular flexibility index (Phi) is 9.04. The Bertz CT molecular complexity index is 1720. The highest BCUT2D eigenvalue weighted by atomic mass is 35.5. The van der Waals surface area contributed by atoms with E-state index in [0.29, 0.717) is 32.1 Å². The molecule has 0 radical (unpaired) electrons. The van der Waals surface area contributed by atoms with E-state index in [9.17, 15) is 14.4 Å². The van der Waals surface area contributed by atoms with Crippen molar-refractivity contribution in [2.45, 2.75) is 13.2 Å². The quantitative estimate of drug-likeness (QED) is 0.155. The predicted octanol–water partition coefficient (Wildman–Crippen LogP) is 8.12. The van der Waals surface area contributed by atoms with E-state index in [-0.39, 0.29) is 29.5 Å². The summed E-state index contributed by atoms with van der Waals surface area (Å²) in [5.41, 5.74) is 1.99. The van der Waals surface area contributed by atoms with E-state index in [1.165, 1.54) is 6.08 Å². The number of ether oxygens (including phenoxy) is 2. The molecule has 5 rings (SSSR count). The molecule has 1 aliphatic heterocycles. The van der Waals surface area contributed by atoms with Crippen molar-refractivity contribution >= 4 is 76.0 Å². The molecule has 1 heterocycles. The van der Waals surface area contributed by atoms with E-state index in [1.807, 2.05) is 18.2 Å². The van der Waals surface area contributed by atoms with Gasteiger partial charge in [-0.25, -0.2) is 9.69 Å². The van der Waals surface area contributed by atoms with Crippen molar-refractivity contribution in [3.8, 4) is 11.5 Å². The average Bonchev–Trinajstić information content (AvgIpc) is 2.96. The lowest BCUT2D eigenvalue weighted by Crippen LogP contribution is -2.54. The molecule has 0 atom stereocenters. The van der Waals surface area contributed by atoms with Crippen LogP contribution in [0.3, 0.4) is 0 Å². The van der Waals surface area contributed by atoms with E-state index in [1.54, 1.807) is 66.7 Å². The third-order valence-corrected chi connectivity index (χ3v) is 7.47. The lowest BCUT2D eigenvalue weighted by molar-refractivity contribution is -0.122. The summed E-state index contributed by atoms with van der Waals surface area (Å²) < 4.78 is 11.6. The number of anilines is 1. The number of hydrogen-bond acceptors (Lipinski definition) is 5. The van der Waals surface area contributed by atoms with Crippen LogP contribution in [0.15, 0.2) is 90.5 Å². The van der Waals surface area contributed by atoms with Crippen LogP contribution in [0.1, 0.15) is 16.7 Å². The number of carbonyl (C=O) groups is 3. The molecule has 212 valence electrons. The highest BCUT2D eigenvalue weighted by Gasteiger charge is 2.36. The lowest BCUT2D eigenvalue weighted by Gasteiger charge is -2.26. The fourth-order valence-electron chi connectivity index (χ4n) is 4.04. The molecule has 0 aliphatic carbocycles. The molecule has 1 N–H and O–H groups in total. The highest BCUT2D eigenvalue weighted by molar-refractivity contribution is 6.39. The summed E-state index contributed by atoms with van der Waals surface area (Å²) in [4.78, 5) is 39.4. The van der Waals surface area contributed by atoms with E-state index >= 15 is 0 Å². The van der Waals surface area contributed by atoms with Crippen LogP contribution >= 0.6 is 46.4 Å². The number of nitrogens with zero attached hydrogens (tertiary/aromatic N) is 1. The molecule has 0 bridgehead atoms. The summed E-state index contributed by atoms with van der Waals surface area (Å²) in [5.74, 6) is -0.736. The van der Waals surface area contributed by atoms with Crippen molar-refractivity contribution in [3.05, 3.63) is 127 Å². The molecule has 0 spiro atoms. The molecule has 11 heteroatoms. The summed E-state index contributed by atoms with van der Waals surface area (Å²) in [7, 11) is 0. The van der Waals surface area contributed by atoms with E-state index in [4.69, 9.17) is 55.9 Å². The molecular weight excluding hydrogens is 622 g/mol. The van der Waals surface area contributed by atoms with Crippen molar-refractivity contribution < 1.29 is 23.9 Å². The zero-order chi connectivity index (χ0) is 29.8. The van der Waals surface area contributed by atoms with Crippen molar-refractivity contribution in [2.75, 3.05) is 4.90 Å². The molecule has 0 aromatic heterocycles. The maximum absolute atomic E-state index is 13.3. The van der Waals surface area contributed by atoms with Gasteiger partial charge < -0.3 is 9.47 Å². The molecule has 1 aliphatic rings. The second-order valence-corrected chi connectivity index (χ2v) is 10.7. The Morgan fingerprint density at radius 3 is 2.14 bits per heavy atom. The van der Waals surface area contributed by atoms with Gasteiger partial charge in [0.15, 0.2) is 0 Å². The Morgan fingerprint density at radius 2 is 1.43 bits per heavy atom. The van der Waals surface area contributed by atoms with Gasteiger partial charge in [-0.2, -0.15) is 0 Å². The van der Waals surface area contributed by atoms with Crippen molar-refractivity contribution in [2.24, 2.45) is 0 Å². The van der Waals surface area contributed by atoms with Gasteiger partial charge in [-0.1, -0.05) is 76.7 Å². The van der Waals surface area contributed by atoms with Gasteiger partial charge in [-0.05, 0) is 66.2 Å². The van der Waals surface area contributed by atoms with E-state index in [2.05, 4.69) is 5.32 Å². The Morgan fingerprint density at radius 1 is 0.714 bits per heavy atom. The largest absolute Gasteiger partial charge is 0.489 e. The summed E-state index contributed by atoms with van der Waals surface area (Å²) in [5, 5.41) is 4.00. The van der Waals surface area contributed by atoms with Crippen LogP contribution in [0, 0.1) is 0 Å². The fourth-order valence-corrected chi connectivity index (χ4v) is 4.94. The van der Waals surface area contributed by atoms with Crippen LogP contribution in [0.25, 0.3) is 6.08 Å². The smallest absolute Gasteiger partial charge is 0.335 e. The first-order chi connectivity index (χ1) is 20.2. The molecule has 0 unspecified atom stereocenters. The van der Waals surface area contributed by atoms with E-state index < -0.39 is 17.8 Å². The van der Waals surface area contributed by atoms with Crippen molar-refractivity contribution in [1.29, 1.82) is 0 Å². The van der Waals surface area contributed by atoms with Crippen LogP contribution in [-0.2, 0) is 22.8 Å². The highest BCUT2D eigenvalue weighted by Crippen LogP contribution is 2.30. The van der Waals surface area contributed by atoms with Gasteiger partial charge in [0.1, 0.15) is 30.3 Å². The molecule has 4 aromatic rings. The molecule has 4 amide bonds. The van der Waals surface area contributed by atoms with Crippen LogP contribution in [0.2, 0.25) is 20.1 Å². The molecular formula is C31H20Cl4N2O5. The van der Waals surface area contributed by atoms with E-state index in [0.717, 1.165) is 16.0 Å². The number of barbiturate groups is 1. The third-order valence-electron chi connectivity index (χ3n) is 6.21. The minimum atomic E-state index is -0.866. The Hall–Kier alpha value is -4.01. The van der Waals surface area contributed by atoms with Crippen LogP contribution in [0.5, 0.6) is 11.5 Å². The second kappa shape index (κ2) is 12.9. The number of amides is 4. The molecule has 1 saturated heterocycles. The lowest BCUT2D eigenvalue weighted by atomic mass is 10.1. The average molecular weight is 642 g/mol. The molecule has 0 saturated carbocycles. The van der Waals surface area contributed by atoms with Gasteiger partial charge >= 0.3 is 6.03 Å². The predicted molar refractivity (Wildman–Crippen MR) is 163 cm³/mol. The maximum atomic E-state index is 13.3. The molecule has 4 aromatic carbocycles. The normalized spacial score (nSPS) is 14.2. The zero-order valence-electron chi connectivity index (χ0n) is 21.6. The van der Waals surface area contributed by atoms with Crippen molar-refractivity contribution in [3.63, 3.8) is 0 Å². The van der Waals surface area contributed by atoms with Gasteiger partial charge in [0.25, 0.3) is 11.8 Å². The number of hydrogen-bond donors (Lipinski definition) is 1. The summed E-state index contributed by atoms with van der Waals surface area (Å²) in [6.07, 6.45) is 1.35. The molecule has 1 fully saturated rings.